The molecule has 2 heterocycles. The van der Waals surface area contributed by atoms with Crippen molar-refractivity contribution in [2.45, 2.75) is 18.9 Å². The van der Waals surface area contributed by atoms with Crippen LogP contribution in [0.5, 0.6) is 0 Å². The van der Waals surface area contributed by atoms with Gasteiger partial charge in [0.25, 0.3) is 0 Å². The van der Waals surface area contributed by atoms with Crippen LogP contribution in [0.15, 0.2) is 53.2 Å². The second-order valence-electron chi connectivity index (χ2n) is 5.75. The Bertz CT molecular complexity index is 618. The van der Waals surface area contributed by atoms with Crippen LogP contribution in [-0.2, 0) is 5.60 Å². The van der Waals surface area contributed by atoms with Crippen LogP contribution in [0.3, 0.4) is 0 Å². The number of furan rings is 1. The molecule has 0 bridgehead atoms. The van der Waals surface area contributed by atoms with Crippen molar-refractivity contribution in [3.05, 3.63) is 65.6 Å². The zero-order valence-corrected chi connectivity index (χ0v) is 12.3. The second kappa shape index (κ2) is 5.88. The van der Waals surface area contributed by atoms with Crippen molar-refractivity contribution in [2.75, 3.05) is 19.6 Å². The fourth-order valence-corrected chi connectivity index (χ4v) is 3.05. The Balaban J connectivity index is 1.64. The fraction of sp³-hybridized carbons (Fsp3) is 0.333. The van der Waals surface area contributed by atoms with Crippen molar-refractivity contribution < 1.29 is 9.52 Å². The summed E-state index contributed by atoms with van der Waals surface area (Å²) in [5, 5.41) is 10.9. The highest BCUT2D eigenvalue weighted by Gasteiger charge is 2.37. The Morgan fingerprint density at radius 1 is 1.29 bits per heavy atom. The van der Waals surface area contributed by atoms with E-state index in [1.165, 1.54) is 0 Å². The van der Waals surface area contributed by atoms with Crippen LogP contribution >= 0.6 is 0 Å². The van der Waals surface area contributed by atoms with E-state index in [0.717, 1.165) is 36.4 Å². The van der Waals surface area contributed by atoms with Gasteiger partial charge in [-0.2, -0.15) is 0 Å². The lowest BCUT2D eigenvalue weighted by Gasteiger charge is -2.25. The second-order valence-corrected chi connectivity index (χ2v) is 5.75. The van der Waals surface area contributed by atoms with E-state index < -0.39 is 5.60 Å². The summed E-state index contributed by atoms with van der Waals surface area (Å²) < 4.78 is 5.27. The first-order valence-electron chi connectivity index (χ1n) is 7.38. The number of hydrogen-bond donors (Lipinski definition) is 1. The van der Waals surface area contributed by atoms with Gasteiger partial charge in [0.15, 0.2) is 0 Å². The van der Waals surface area contributed by atoms with Gasteiger partial charge in [-0.15, -0.1) is 0 Å². The lowest BCUT2D eigenvalue weighted by atomic mass is 9.89. The third-order valence-corrected chi connectivity index (χ3v) is 4.16. The summed E-state index contributed by atoms with van der Waals surface area (Å²) in [5.74, 6) is 0.864. The molecule has 1 N–H and O–H groups in total. The molecule has 1 aromatic carbocycles. The molecular formula is C18H21NO2. The third-order valence-electron chi connectivity index (χ3n) is 4.16. The highest BCUT2D eigenvalue weighted by molar-refractivity contribution is 5.42. The molecule has 1 atom stereocenters. The van der Waals surface area contributed by atoms with Gasteiger partial charge >= 0.3 is 0 Å². The first kappa shape index (κ1) is 14.1. The maximum atomic E-state index is 10.9. The zero-order chi connectivity index (χ0) is 14.7. The molecule has 1 saturated heterocycles. The van der Waals surface area contributed by atoms with Crippen LogP contribution in [0.1, 0.15) is 23.3 Å². The topological polar surface area (TPSA) is 36.6 Å². The van der Waals surface area contributed by atoms with Crippen molar-refractivity contribution in [2.24, 2.45) is 0 Å². The molecule has 2 aromatic rings. The van der Waals surface area contributed by atoms with E-state index in [2.05, 4.69) is 24.0 Å². The van der Waals surface area contributed by atoms with Crippen molar-refractivity contribution in [1.29, 1.82) is 0 Å². The summed E-state index contributed by atoms with van der Waals surface area (Å²) in [7, 11) is 0. The molecule has 0 radical (unpaired) electrons. The number of aliphatic hydroxyl groups is 1. The van der Waals surface area contributed by atoms with Gasteiger partial charge in [-0.25, -0.2) is 0 Å². The minimum atomic E-state index is -0.718. The summed E-state index contributed by atoms with van der Waals surface area (Å²) in [6.07, 6.45) is 6.52. The fourth-order valence-electron chi connectivity index (χ4n) is 3.05. The molecule has 0 amide bonds. The number of β-amino-alcohol motifs (C(OH)–C–C–N with tert-alkyl or cyclic N) is 1. The Morgan fingerprint density at radius 3 is 2.90 bits per heavy atom. The largest absolute Gasteiger partial charge is 0.465 e. The Morgan fingerprint density at radius 2 is 2.14 bits per heavy atom. The molecule has 1 aliphatic heterocycles. The number of benzene rings is 1. The van der Waals surface area contributed by atoms with Gasteiger partial charge in [-0.3, -0.25) is 4.90 Å². The summed E-state index contributed by atoms with van der Waals surface area (Å²) in [4.78, 5) is 2.27. The molecule has 3 rings (SSSR count). The quantitative estimate of drug-likeness (QED) is 0.936. The molecule has 1 aromatic heterocycles. The number of hydrogen-bond acceptors (Lipinski definition) is 3. The normalized spacial score (nSPS) is 23.1. The SMILES string of the molecule is Cc1ccccc1C1(O)CCN(C/C=C/c2ccco2)C1. The van der Waals surface area contributed by atoms with Gasteiger partial charge in [0.05, 0.1) is 6.26 Å². The van der Waals surface area contributed by atoms with Gasteiger partial charge in [-0.05, 0) is 42.7 Å². The van der Waals surface area contributed by atoms with Crippen LogP contribution in [0.4, 0.5) is 0 Å². The maximum Gasteiger partial charge on any atom is 0.126 e. The molecule has 3 nitrogen and oxygen atoms in total. The highest BCUT2D eigenvalue weighted by Crippen LogP contribution is 2.33. The van der Waals surface area contributed by atoms with E-state index in [1.54, 1.807) is 6.26 Å². The molecule has 0 aliphatic carbocycles. The van der Waals surface area contributed by atoms with Gasteiger partial charge in [0.2, 0.25) is 0 Å². The summed E-state index contributed by atoms with van der Waals surface area (Å²) >= 11 is 0. The molecule has 0 saturated carbocycles. The van der Waals surface area contributed by atoms with Gasteiger partial charge < -0.3 is 9.52 Å². The minimum Gasteiger partial charge on any atom is -0.465 e. The van der Waals surface area contributed by atoms with E-state index in [-0.39, 0.29) is 0 Å². The van der Waals surface area contributed by atoms with Crippen LogP contribution in [0.25, 0.3) is 6.08 Å². The van der Waals surface area contributed by atoms with Crippen LogP contribution in [0, 0.1) is 6.92 Å². The summed E-state index contributed by atoms with van der Waals surface area (Å²) in [6, 6.07) is 11.9. The van der Waals surface area contributed by atoms with Crippen molar-refractivity contribution >= 4 is 6.08 Å². The lowest BCUT2D eigenvalue weighted by Crippen LogP contribution is -2.31. The molecule has 1 unspecified atom stereocenters. The minimum absolute atomic E-state index is 0.681. The first-order chi connectivity index (χ1) is 10.2. The molecule has 1 fully saturated rings. The predicted octanol–water partition coefficient (Wildman–Crippen LogP) is 3.19. The van der Waals surface area contributed by atoms with Gasteiger partial charge in [0.1, 0.15) is 11.4 Å². The van der Waals surface area contributed by atoms with E-state index >= 15 is 0 Å². The van der Waals surface area contributed by atoms with Crippen molar-refractivity contribution in [1.82, 2.24) is 4.90 Å². The lowest BCUT2D eigenvalue weighted by molar-refractivity contribution is 0.0468. The molecule has 3 heteroatoms. The van der Waals surface area contributed by atoms with Crippen LogP contribution < -0.4 is 0 Å². The Labute approximate surface area is 125 Å². The average Bonchev–Trinajstić information content (AvgIpc) is 3.10. The van der Waals surface area contributed by atoms with Crippen molar-refractivity contribution in [3.8, 4) is 0 Å². The van der Waals surface area contributed by atoms with Gasteiger partial charge in [0, 0.05) is 19.6 Å². The molecule has 1 aliphatic rings. The van der Waals surface area contributed by atoms with Crippen molar-refractivity contribution in [3.63, 3.8) is 0 Å². The van der Waals surface area contributed by atoms with Gasteiger partial charge in [-0.1, -0.05) is 30.3 Å². The number of rotatable bonds is 4. The molecule has 0 spiro atoms. The third kappa shape index (κ3) is 3.09. The highest BCUT2D eigenvalue weighted by atomic mass is 16.3. The monoisotopic (exact) mass is 283 g/mol. The molecule has 21 heavy (non-hydrogen) atoms. The standard InChI is InChI=1S/C18H21NO2/c1-15-6-2-3-9-17(15)18(20)10-12-19(14-18)11-4-7-16-8-5-13-21-16/h2-9,13,20H,10-12,14H2,1H3/b7-4+. The van der Waals surface area contributed by atoms with Crippen LogP contribution in [-0.4, -0.2) is 29.6 Å². The number of likely N-dealkylation sites (tertiary alicyclic amines) is 1. The first-order valence-corrected chi connectivity index (χ1v) is 7.38. The number of nitrogens with zero attached hydrogens (tertiary/aromatic N) is 1. The Hall–Kier alpha value is -1.84. The van der Waals surface area contributed by atoms with E-state index in [0.29, 0.717) is 6.54 Å². The summed E-state index contributed by atoms with van der Waals surface area (Å²) in [6.45, 7) is 4.48. The molecular weight excluding hydrogens is 262 g/mol. The smallest absolute Gasteiger partial charge is 0.126 e. The van der Waals surface area contributed by atoms with E-state index in [1.807, 2.05) is 36.4 Å². The Kier molecular flexibility index (Phi) is 3.95. The molecule has 110 valence electrons. The maximum absolute atomic E-state index is 10.9. The van der Waals surface area contributed by atoms with Crippen LogP contribution in [0.2, 0.25) is 0 Å². The number of aryl methyl sites for hydroxylation is 1. The summed E-state index contributed by atoms with van der Waals surface area (Å²) in [5.41, 5.74) is 1.50. The van der Waals surface area contributed by atoms with E-state index in [4.69, 9.17) is 4.42 Å². The average molecular weight is 283 g/mol. The predicted molar refractivity (Wildman–Crippen MR) is 83.9 cm³/mol. The zero-order valence-electron chi connectivity index (χ0n) is 12.3. The van der Waals surface area contributed by atoms with E-state index in [9.17, 15) is 5.11 Å².